The van der Waals surface area contributed by atoms with E-state index in [1.807, 2.05) is 39.0 Å². The van der Waals surface area contributed by atoms with Gasteiger partial charge in [-0.3, -0.25) is 4.79 Å². The molecular weight excluding hydrogens is 293 g/mol. The van der Waals surface area contributed by atoms with E-state index in [1.54, 1.807) is 30.1 Å². The number of rotatable bonds is 4. The second-order valence-corrected chi connectivity index (χ2v) is 6.53. The summed E-state index contributed by atoms with van der Waals surface area (Å²) in [5.74, 6) is 0.448. The van der Waals surface area contributed by atoms with Crippen LogP contribution in [-0.2, 0) is 11.4 Å². The molecule has 0 unspecified atom stereocenters. The van der Waals surface area contributed by atoms with E-state index in [2.05, 4.69) is 0 Å². The zero-order valence-corrected chi connectivity index (χ0v) is 14.0. The smallest absolute Gasteiger partial charge is 0.232 e. The van der Waals surface area contributed by atoms with Gasteiger partial charge in [0, 0.05) is 18.2 Å². The molecule has 23 heavy (non-hydrogen) atoms. The molecule has 0 bridgehead atoms. The van der Waals surface area contributed by atoms with Gasteiger partial charge >= 0.3 is 0 Å². The molecule has 2 aromatic carbocycles. The van der Waals surface area contributed by atoms with E-state index < -0.39 is 5.41 Å². The quantitative estimate of drug-likeness (QED) is 0.836. The summed E-state index contributed by atoms with van der Waals surface area (Å²) in [6.07, 6.45) is 0. The maximum absolute atomic E-state index is 13.1. The molecule has 0 aliphatic rings. The molecule has 0 fully saturated rings. The Hall–Kier alpha value is -2.36. The van der Waals surface area contributed by atoms with Crippen molar-refractivity contribution in [3.63, 3.8) is 0 Å². The van der Waals surface area contributed by atoms with Crippen LogP contribution in [0.25, 0.3) is 0 Å². The number of hydrogen-bond acceptors (Lipinski definition) is 2. The first kappa shape index (κ1) is 17.0. The molecular formula is C19H22FNO2. The highest BCUT2D eigenvalue weighted by Crippen LogP contribution is 2.24. The third-order valence-corrected chi connectivity index (χ3v) is 3.46. The first-order valence-corrected chi connectivity index (χ1v) is 7.53. The fourth-order valence-corrected chi connectivity index (χ4v) is 2.18. The monoisotopic (exact) mass is 315 g/mol. The number of ether oxygens (including phenoxy) is 1. The van der Waals surface area contributed by atoms with Crippen LogP contribution >= 0.6 is 0 Å². The second kappa shape index (κ2) is 6.82. The molecule has 0 spiro atoms. The minimum absolute atomic E-state index is 0.0472. The van der Waals surface area contributed by atoms with Crippen LogP contribution in [0.4, 0.5) is 10.1 Å². The Bertz CT molecular complexity index is 675. The second-order valence-electron chi connectivity index (χ2n) is 6.53. The Morgan fingerprint density at radius 1 is 1.13 bits per heavy atom. The van der Waals surface area contributed by atoms with Gasteiger partial charge in [0.1, 0.15) is 18.2 Å². The van der Waals surface area contributed by atoms with E-state index in [9.17, 15) is 9.18 Å². The van der Waals surface area contributed by atoms with Crippen molar-refractivity contribution in [3.8, 4) is 5.75 Å². The number of carbonyl (C=O) groups is 1. The lowest BCUT2D eigenvalue weighted by Gasteiger charge is -2.26. The fourth-order valence-electron chi connectivity index (χ4n) is 2.18. The molecule has 0 saturated heterocycles. The molecule has 0 aliphatic heterocycles. The molecule has 4 heteroatoms. The summed E-state index contributed by atoms with van der Waals surface area (Å²) in [5.41, 5.74) is 1.15. The van der Waals surface area contributed by atoms with Gasteiger partial charge in [-0.2, -0.15) is 0 Å². The van der Waals surface area contributed by atoms with Gasteiger partial charge in [-0.1, -0.05) is 32.9 Å². The molecule has 0 N–H and O–H groups in total. The van der Waals surface area contributed by atoms with E-state index in [-0.39, 0.29) is 11.7 Å². The molecule has 0 aliphatic carbocycles. The summed E-state index contributed by atoms with van der Waals surface area (Å²) in [7, 11) is 1.76. The van der Waals surface area contributed by atoms with Crippen LogP contribution in [0.15, 0.2) is 48.5 Å². The number of benzene rings is 2. The number of amides is 1. The molecule has 3 nitrogen and oxygen atoms in total. The van der Waals surface area contributed by atoms with Gasteiger partial charge in [0.05, 0.1) is 0 Å². The highest BCUT2D eigenvalue weighted by molar-refractivity contribution is 5.96. The summed E-state index contributed by atoms with van der Waals surface area (Å²) in [5, 5.41) is 0. The minimum Gasteiger partial charge on any atom is -0.489 e. The third-order valence-electron chi connectivity index (χ3n) is 3.46. The standard InChI is InChI=1S/C19H22FNO2/c1-19(2,3)18(22)21(4)16-8-10-17(11-9-16)23-13-14-6-5-7-15(20)12-14/h5-12H,13H2,1-4H3. The van der Waals surface area contributed by atoms with E-state index in [0.717, 1.165) is 11.3 Å². The SMILES string of the molecule is CN(C(=O)C(C)(C)C)c1ccc(OCc2cccc(F)c2)cc1. The fraction of sp³-hybridized carbons (Fsp3) is 0.316. The zero-order chi connectivity index (χ0) is 17.0. The maximum Gasteiger partial charge on any atom is 0.232 e. The van der Waals surface area contributed by atoms with Gasteiger partial charge in [-0.05, 0) is 42.0 Å². The molecule has 122 valence electrons. The van der Waals surface area contributed by atoms with Crippen LogP contribution in [0.2, 0.25) is 0 Å². The number of hydrogen-bond donors (Lipinski definition) is 0. The van der Waals surface area contributed by atoms with Crippen molar-refractivity contribution in [2.24, 2.45) is 5.41 Å². The summed E-state index contributed by atoms with van der Waals surface area (Å²) < 4.78 is 18.8. The van der Waals surface area contributed by atoms with Gasteiger partial charge < -0.3 is 9.64 Å². The Balaban J connectivity index is 2.01. The average molecular weight is 315 g/mol. The molecule has 0 heterocycles. The Kier molecular flexibility index (Phi) is 5.04. The van der Waals surface area contributed by atoms with Gasteiger partial charge in [0.15, 0.2) is 0 Å². The lowest BCUT2D eigenvalue weighted by molar-refractivity contribution is -0.125. The van der Waals surface area contributed by atoms with Gasteiger partial charge in [-0.15, -0.1) is 0 Å². The van der Waals surface area contributed by atoms with Crippen molar-refractivity contribution < 1.29 is 13.9 Å². The summed E-state index contributed by atoms with van der Waals surface area (Å²) in [6.45, 7) is 5.97. The van der Waals surface area contributed by atoms with Crippen molar-refractivity contribution in [1.82, 2.24) is 0 Å². The van der Waals surface area contributed by atoms with Crippen molar-refractivity contribution in [2.75, 3.05) is 11.9 Å². The first-order valence-electron chi connectivity index (χ1n) is 7.53. The molecule has 2 aromatic rings. The molecule has 1 amide bonds. The van der Waals surface area contributed by atoms with E-state index in [4.69, 9.17) is 4.74 Å². The van der Waals surface area contributed by atoms with Crippen molar-refractivity contribution in [2.45, 2.75) is 27.4 Å². The Labute approximate surface area is 136 Å². The Morgan fingerprint density at radius 3 is 2.35 bits per heavy atom. The van der Waals surface area contributed by atoms with Gasteiger partial charge in [0.2, 0.25) is 5.91 Å². The molecule has 0 saturated carbocycles. The molecule has 0 aromatic heterocycles. The molecule has 2 rings (SSSR count). The topological polar surface area (TPSA) is 29.5 Å². The normalized spacial score (nSPS) is 11.2. The number of carbonyl (C=O) groups excluding carboxylic acids is 1. The van der Waals surface area contributed by atoms with Crippen LogP contribution in [0.5, 0.6) is 5.75 Å². The summed E-state index contributed by atoms with van der Waals surface area (Å²) >= 11 is 0. The van der Waals surface area contributed by atoms with Crippen LogP contribution in [-0.4, -0.2) is 13.0 Å². The average Bonchev–Trinajstić information content (AvgIpc) is 2.51. The summed E-state index contributed by atoms with van der Waals surface area (Å²) in [4.78, 5) is 13.9. The van der Waals surface area contributed by atoms with Gasteiger partial charge in [0.25, 0.3) is 0 Å². The lowest BCUT2D eigenvalue weighted by atomic mass is 9.95. The van der Waals surface area contributed by atoms with E-state index in [0.29, 0.717) is 12.4 Å². The van der Waals surface area contributed by atoms with E-state index in [1.165, 1.54) is 12.1 Å². The first-order chi connectivity index (χ1) is 10.8. The van der Waals surface area contributed by atoms with Crippen molar-refractivity contribution >= 4 is 11.6 Å². The van der Waals surface area contributed by atoms with Crippen LogP contribution in [0.1, 0.15) is 26.3 Å². The zero-order valence-electron chi connectivity index (χ0n) is 14.0. The number of nitrogens with zero attached hydrogens (tertiary/aromatic N) is 1. The van der Waals surface area contributed by atoms with Crippen molar-refractivity contribution in [3.05, 3.63) is 59.9 Å². The lowest BCUT2D eigenvalue weighted by Crippen LogP contribution is -2.36. The highest BCUT2D eigenvalue weighted by atomic mass is 19.1. The third kappa shape index (κ3) is 4.55. The predicted molar refractivity (Wildman–Crippen MR) is 90.0 cm³/mol. The van der Waals surface area contributed by atoms with Gasteiger partial charge in [-0.25, -0.2) is 4.39 Å². The van der Waals surface area contributed by atoms with Crippen molar-refractivity contribution in [1.29, 1.82) is 0 Å². The van der Waals surface area contributed by atoms with Crippen LogP contribution in [0, 0.1) is 11.2 Å². The van der Waals surface area contributed by atoms with Crippen LogP contribution < -0.4 is 9.64 Å². The maximum atomic E-state index is 13.1. The minimum atomic E-state index is -0.429. The highest BCUT2D eigenvalue weighted by Gasteiger charge is 2.25. The van der Waals surface area contributed by atoms with Crippen LogP contribution in [0.3, 0.4) is 0 Å². The molecule has 0 radical (unpaired) electrons. The molecule has 0 atom stereocenters. The van der Waals surface area contributed by atoms with E-state index >= 15 is 0 Å². The Morgan fingerprint density at radius 2 is 1.78 bits per heavy atom. The number of halogens is 1. The summed E-state index contributed by atoms with van der Waals surface area (Å²) in [6, 6.07) is 13.6. The number of anilines is 1. The predicted octanol–water partition coefficient (Wildman–Crippen LogP) is 4.41. The largest absolute Gasteiger partial charge is 0.489 e.